The molecule has 0 atom stereocenters. The van der Waals surface area contributed by atoms with Crippen LogP contribution in [0.4, 0.5) is 0 Å². The summed E-state index contributed by atoms with van der Waals surface area (Å²) in [5.41, 5.74) is 0. The molecule has 0 aliphatic carbocycles. The van der Waals surface area contributed by atoms with Crippen LogP contribution < -0.4 is 0 Å². The number of hydrogen-bond donors (Lipinski definition) is 1. The van der Waals surface area contributed by atoms with E-state index in [0.717, 1.165) is 0 Å². The van der Waals surface area contributed by atoms with Gasteiger partial charge >= 0.3 is 5.97 Å². The SMILES string of the molecule is CC(C)OCCOCCOCCOCCOCCOCCOCCC(=O)O. The van der Waals surface area contributed by atoms with E-state index >= 15 is 0 Å². The van der Waals surface area contributed by atoms with Gasteiger partial charge in [-0.2, -0.15) is 0 Å². The summed E-state index contributed by atoms with van der Waals surface area (Å²) in [4.78, 5) is 10.3. The smallest absolute Gasteiger partial charge is 0.305 e. The average Bonchev–Trinajstić information content (AvgIpc) is 2.62. The lowest BCUT2D eigenvalue weighted by Gasteiger charge is -2.09. The van der Waals surface area contributed by atoms with Crippen molar-refractivity contribution < 1.29 is 43.1 Å². The standard InChI is InChI=1S/C18H36O9/c1-17(2)27-16-15-26-14-13-25-12-11-24-10-9-23-8-7-22-6-5-21-4-3-18(19)20/h17H,3-16H2,1-2H3,(H,19,20). The predicted octanol–water partition coefficient (Wildman–Crippen LogP) is 0.986. The van der Waals surface area contributed by atoms with Crippen LogP contribution in [0.3, 0.4) is 0 Å². The Labute approximate surface area is 162 Å². The maximum Gasteiger partial charge on any atom is 0.305 e. The molecule has 9 heteroatoms. The maximum absolute atomic E-state index is 10.3. The number of carboxylic acid groups (broad SMARTS) is 1. The van der Waals surface area contributed by atoms with Crippen molar-refractivity contribution in [1.29, 1.82) is 0 Å². The van der Waals surface area contributed by atoms with Crippen LogP contribution in [0.1, 0.15) is 20.3 Å². The van der Waals surface area contributed by atoms with E-state index in [4.69, 9.17) is 38.3 Å². The van der Waals surface area contributed by atoms with Gasteiger partial charge in [0.05, 0.1) is 98.4 Å². The Morgan fingerprint density at radius 2 is 0.889 bits per heavy atom. The van der Waals surface area contributed by atoms with Gasteiger partial charge in [-0.1, -0.05) is 0 Å². The van der Waals surface area contributed by atoms with Gasteiger partial charge < -0.3 is 38.3 Å². The summed E-state index contributed by atoms with van der Waals surface area (Å²) < 4.78 is 37.2. The van der Waals surface area contributed by atoms with Crippen molar-refractivity contribution in [2.75, 3.05) is 85.9 Å². The molecule has 0 saturated heterocycles. The van der Waals surface area contributed by atoms with Gasteiger partial charge in [-0.15, -0.1) is 0 Å². The first-order valence-corrected chi connectivity index (χ1v) is 9.42. The lowest BCUT2D eigenvalue weighted by atomic mass is 10.5. The minimum Gasteiger partial charge on any atom is -0.481 e. The molecular formula is C18H36O9. The molecule has 0 aromatic carbocycles. The van der Waals surface area contributed by atoms with Crippen LogP contribution in [0.15, 0.2) is 0 Å². The van der Waals surface area contributed by atoms with Crippen LogP contribution in [-0.2, 0) is 38.0 Å². The number of carboxylic acids is 1. The largest absolute Gasteiger partial charge is 0.481 e. The van der Waals surface area contributed by atoms with Crippen LogP contribution >= 0.6 is 0 Å². The number of aliphatic carboxylic acids is 1. The summed E-state index contributed by atoms with van der Waals surface area (Å²) >= 11 is 0. The molecule has 162 valence electrons. The van der Waals surface area contributed by atoms with Crippen LogP contribution in [0.2, 0.25) is 0 Å². The summed E-state index contributed by atoms with van der Waals surface area (Å²) in [6.45, 7) is 10.3. The first kappa shape index (κ1) is 26.2. The fraction of sp³-hybridized carbons (Fsp3) is 0.944. The van der Waals surface area contributed by atoms with Crippen molar-refractivity contribution in [2.24, 2.45) is 0 Å². The zero-order valence-electron chi connectivity index (χ0n) is 16.7. The van der Waals surface area contributed by atoms with Crippen LogP contribution in [-0.4, -0.2) is 103 Å². The highest BCUT2D eigenvalue weighted by Crippen LogP contribution is 1.88. The van der Waals surface area contributed by atoms with Gasteiger partial charge in [-0.3, -0.25) is 4.79 Å². The van der Waals surface area contributed by atoms with Crippen molar-refractivity contribution in [2.45, 2.75) is 26.4 Å². The highest BCUT2D eigenvalue weighted by Gasteiger charge is 1.97. The van der Waals surface area contributed by atoms with E-state index in [1.165, 1.54) is 0 Å². The summed E-state index contributed by atoms with van der Waals surface area (Å²) in [6.07, 6.45) is 0.241. The van der Waals surface area contributed by atoms with Crippen molar-refractivity contribution in [3.63, 3.8) is 0 Å². The molecule has 0 fully saturated rings. The molecule has 0 aromatic heterocycles. The zero-order chi connectivity index (χ0) is 20.0. The molecule has 0 aliphatic heterocycles. The fourth-order valence-corrected chi connectivity index (χ4v) is 1.70. The van der Waals surface area contributed by atoms with E-state index in [-0.39, 0.29) is 19.1 Å². The predicted molar refractivity (Wildman–Crippen MR) is 98.3 cm³/mol. The summed E-state index contributed by atoms with van der Waals surface area (Å²) in [5, 5.41) is 8.43. The molecule has 0 rings (SSSR count). The van der Waals surface area contributed by atoms with Gasteiger partial charge in [0.25, 0.3) is 0 Å². The minimum atomic E-state index is -0.866. The summed E-state index contributed by atoms with van der Waals surface area (Å²) in [5.74, 6) is -0.866. The third-order valence-corrected chi connectivity index (χ3v) is 3.00. The van der Waals surface area contributed by atoms with Gasteiger partial charge in [0.1, 0.15) is 0 Å². The van der Waals surface area contributed by atoms with Gasteiger partial charge in [-0.25, -0.2) is 0 Å². The quantitative estimate of drug-likeness (QED) is 0.268. The molecule has 0 spiro atoms. The number of carbonyl (C=O) groups is 1. The Bertz CT molecular complexity index is 313. The van der Waals surface area contributed by atoms with E-state index in [1.54, 1.807) is 0 Å². The molecule has 0 unspecified atom stereocenters. The molecule has 0 amide bonds. The van der Waals surface area contributed by atoms with Gasteiger partial charge in [0.15, 0.2) is 0 Å². The summed E-state index contributed by atoms with van der Waals surface area (Å²) in [6, 6.07) is 0. The summed E-state index contributed by atoms with van der Waals surface area (Å²) in [7, 11) is 0. The second-order valence-corrected chi connectivity index (χ2v) is 5.74. The normalized spacial score (nSPS) is 11.4. The molecule has 0 aromatic rings. The lowest BCUT2D eigenvalue weighted by Crippen LogP contribution is -2.15. The highest BCUT2D eigenvalue weighted by molar-refractivity contribution is 5.66. The second-order valence-electron chi connectivity index (χ2n) is 5.74. The van der Waals surface area contributed by atoms with Crippen LogP contribution in [0.25, 0.3) is 0 Å². The second kappa shape index (κ2) is 21.5. The van der Waals surface area contributed by atoms with E-state index in [2.05, 4.69) is 0 Å². The third-order valence-electron chi connectivity index (χ3n) is 3.00. The Hall–Kier alpha value is -0.810. The Kier molecular flexibility index (Phi) is 20.8. The number of ether oxygens (including phenoxy) is 7. The third kappa shape index (κ3) is 25.2. The molecule has 0 aliphatic rings. The van der Waals surface area contributed by atoms with Crippen molar-refractivity contribution in [1.82, 2.24) is 0 Å². The minimum absolute atomic E-state index is 0.00972. The molecule has 27 heavy (non-hydrogen) atoms. The molecule has 1 N–H and O–H groups in total. The average molecular weight is 396 g/mol. The first-order chi connectivity index (χ1) is 13.1. The van der Waals surface area contributed by atoms with E-state index in [9.17, 15) is 4.79 Å². The van der Waals surface area contributed by atoms with Gasteiger partial charge in [0, 0.05) is 0 Å². The van der Waals surface area contributed by atoms with E-state index in [0.29, 0.717) is 79.3 Å². The van der Waals surface area contributed by atoms with Crippen LogP contribution in [0, 0.1) is 0 Å². The highest BCUT2D eigenvalue weighted by atomic mass is 16.6. The first-order valence-electron chi connectivity index (χ1n) is 9.42. The number of hydrogen-bond acceptors (Lipinski definition) is 8. The molecule has 0 heterocycles. The Balaban J connectivity index is 3.00. The van der Waals surface area contributed by atoms with E-state index < -0.39 is 5.97 Å². The molecule has 9 nitrogen and oxygen atoms in total. The Morgan fingerprint density at radius 3 is 1.19 bits per heavy atom. The van der Waals surface area contributed by atoms with Gasteiger partial charge in [-0.05, 0) is 13.8 Å². The fourth-order valence-electron chi connectivity index (χ4n) is 1.70. The number of rotatable bonds is 22. The molecule has 0 saturated carbocycles. The van der Waals surface area contributed by atoms with Crippen molar-refractivity contribution in [3.8, 4) is 0 Å². The maximum atomic E-state index is 10.3. The molecule has 0 radical (unpaired) electrons. The van der Waals surface area contributed by atoms with Crippen molar-refractivity contribution >= 4 is 5.97 Å². The van der Waals surface area contributed by atoms with E-state index in [1.807, 2.05) is 13.8 Å². The van der Waals surface area contributed by atoms with Gasteiger partial charge in [0.2, 0.25) is 0 Å². The van der Waals surface area contributed by atoms with Crippen LogP contribution in [0.5, 0.6) is 0 Å². The monoisotopic (exact) mass is 396 g/mol. The molecule has 0 bridgehead atoms. The van der Waals surface area contributed by atoms with Crippen molar-refractivity contribution in [3.05, 3.63) is 0 Å². The topological polar surface area (TPSA) is 102 Å². The Morgan fingerprint density at radius 1 is 0.593 bits per heavy atom. The molecular weight excluding hydrogens is 360 g/mol. The lowest BCUT2D eigenvalue weighted by molar-refractivity contribution is -0.138. The zero-order valence-corrected chi connectivity index (χ0v) is 16.7.